The number of rotatable bonds is 5. The lowest BCUT2D eigenvalue weighted by molar-refractivity contribution is -0.0157. The topological polar surface area (TPSA) is 54.4 Å². The normalized spacial score (nSPS) is 22.4. The predicted molar refractivity (Wildman–Crippen MR) is 96.2 cm³/mol. The molecule has 2 aliphatic rings. The maximum Gasteiger partial charge on any atom is 0.225 e. The van der Waals surface area contributed by atoms with E-state index in [9.17, 15) is 4.39 Å². The van der Waals surface area contributed by atoms with Crippen molar-refractivity contribution in [1.82, 2.24) is 19.9 Å². The first-order chi connectivity index (χ1) is 12.6. The summed E-state index contributed by atoms with van der Waals surface area (Å²) in [5.41, 5.74) is 1.26. The molecule has 6 nitrogen and oxygen atoms in total. The highest BCUT2D eigenvalue weighted by Crippen LogP contribution is 2.39. The molecule has 0 bridgehead atoms. The van der Waals surface area contributed by atoms with E-state index < -0.39 is 5.82 Å². The number of nitrogens with zero attached hydrogens (tertiary/aromatic N) is 5. The van der Waals surface area contributed by atoms with Gasteiger partial charge in [-0.25, -0.2) is 14.4 Å². The van der Waals surface area contributed by atoms with Crippen LogP contribution in [0.15, 0.2) is 36.9 Å². The lowest BCUT2D eigenvalue weighted by Crippen LogP contribution is -2.72. The van der Waals surface area contributed by atoms with Gasteiger partial charge >= 0.3 is 0 Å². The fourth-order valence-corrected chi connectivity index (χ4v) is 4.02. The van der Waals surface area contributed by atoms with Crippen molar-refractivity contribution in [2.45, 2.75) is 25.0 Å². The van der Waals surface area contributed by atoms with Gasteiger partial charge in [0.05, 0.1) is 24.5 Å². The molecule has 2 saturated heterocycles. The third kappa shape index (κ3) is 3.54. The Morgan fingerprint density at radius 2 is 2.08 bits per heavy atom. The van der Waals surface area contributed by atoms with Crippen molar-refractivity contribution in [3.8, 4) is 0 Å². The van der Waals surface area contributed by atoms with Gasteiger partial charge in [-0.2, -0.15) is 0 Å². The van der Waals surface area contributed by atoms with E-state index >= 15 is 0 Å². The minimum absolute atomic E-state index is 0.151. The number of aromatic nitrogens is 3. The zero-order chi connectivity index (χ0) is 18.0. The number of pyridine rings is 1. The molecule has 2 aliphatic heterocycles. The van der Waals surface area contributed by atoms with Crippen molar-refractivity contribution < 1.29 is 9.13 Å². The van der Waals surface area contributed by atoms with Gasteiger partial charge in [0.25, 0.3) is 0 Å². The molecule has 1 unspecified atom stereocenters. The molecular weight excluding hydrogens is 333 g/mol. The Kier molecular flexibility index (Phi) is 4.82. The average Bonchev–Trinajstić information content (AvgIpc) is 2.63. The van der Waals surface area contributed by atoms with Gasteiger partial charge in [-0.3, -0.25) is 9.88 Å². The summed E-state index contributed by atoms with van der Waals surface area (Å²) in [5, 5.41) is 0. The van der Waals surface area contributed by atoms with E-state index in [4.69, 9.17) is 4.74 Å². The number of piperidine rings is 1. The van der Waals surface area contributed by atoms with E-state index in [2.05, 4.69) is 31.8 Å². The minimum Gasteiger partial charge on any atom is -0.376 e. The number of anilines is 1. The summed E-state index contributed by atoms with van der Waals surface area (Å²) in [6.07, 6.45) is 8.34. The first-order valence-corrected chi connectivity index (χ1v) is 9.05. The Labute approximate surface area is 153 Å². The third-order valence-corrected chi connectivity index (χ3v) is 5.56. The van der Waals surface area contributed by atoms with Crippen LogP contribution >= 0.6 is 0 Å². The summed E-state index contributed by atoms with van der Waals surface area (Å²) in [6.45, 7) is 4.22. The molecule has 1 spiro atoms. The third-order valence-electron chi connectivity index (χ3n) is 5.56. The molecule has 0 radical (unpaired) electrons. The quantitative estimate of drug-likeness (QED) is 0.817. The molecule has 2 aromatic rings. The van der Waals surface area contributed by atoms with Gasteiger partial charge in [-0.15, -0.1) is 0 Å². The van der Waals surface area contributed by atoms with Crippen LogP contribution in [0.3, 0.4) is 0 Å². The van der Waals surface area contributed by atoms with Crippen LogP contribution in [0.5, 0.6) is 0 Å². The van der Waals surface area contributed by atoms with Crippen LogP contribution in [0.2, 0.25) is 0 Å². The average molecular weight is 357 g/mol. The summed E-state index contributed by atoms with van der Waals surface area (Å²) in [7, 11) is 2.19. The molecular formula is C19H24FN5O. The second-order valence-electron chi connectivity index (χ2n) is 7.44. The molecule has 0 aliphatic carbocycles. The number of likely N-dealkylation sites (N-methyl/N-ethyl adjacent to an activating group) is 1. The highest BCUT2D eigenvalue weighted by molar-refractivity contribution is 5.38. The number of ether oxygens (including phenoxy) is 1. The first-order valence-electron chi connectivity index (χ1n) is 9.05. The van der Waals surface area contributed by atoms with Gasteiger partial charge in [0.1, 0.15) is 0 Å². The molecule has 0 aromatic carbocycles. The number of hydrogen-bond acceptors (Lipinski definition) is 6. The van der Waals surface area contributed by atoms with Crippen molar-refractivity contribution in [3.63, 3.8) is 0 Å². The maximum absolute atomic E-state index is 13.0. The van der Waals surface area contributed by atoms with Crippen molar-refractivity contribution in [1.29, 1.82) is 0 Å². The van der Waals surface area contributed by atoms with Crippen LogP contribution < -0.4 is 4.90 Å². The molecule has 0 N–H and O–H groups in total. The number of halogens is 1. The second kappa shape index (κ2) is 7.25. The molecule has 4 rings (SSSR count). The molecule has 138 valence electrons. The Morgan fingerprint density at radius 3 is 2.81 bits per heavy atom. The summed E-state index contributed by atoms with van der Waals surface area (Å²) in [6, 6.07) is 3.97. The fourth-order valence-electron chi connectivity index (χ4n) is 4.02. The zero-order valence-corrected chi connectivity index (χ0v) is 15.0. The lowest BCUT2D eigenvalue weighted by atomic mass is 9.75. The molecule has 4 heterocycles. The van der Waals surface area contributed by atoms with E-state index in [0.29, 0.717) is 18.5 Å². The highest BCUT2D eigenvalue weighted by Gasteiger charge is 2.50. The maximum atomic E-state index is 13.0. The summed E-state index contributed by atoms with van der Waals surface area (Å²) in [5.74, 6) is 0.768. The Balaban J connectivity index is 1.30. The SMILES string of the molecule is CN1CCC(COCc2cccnc2)CC12CN(c1ncc(F)cn1)C2. The Bertz CT molecular complexity index is 720. The van der Waals surface area contributed by atoms with Crippen molar-refractivity contribution >= 4 is 5.95 Å². The monoisotopic (exact) mass is 357 g/mol. The second-order valence-corrected chi connectivity index (χ2v) is 7.44. The van der Waals surface area contributed by atoms with E-state index in [1.54, 1.807) is 6.20 Å². The van der Waals surface area contributed by atoms with Crippen LogP contribution in [-0.4, -0.2) is 58.7 Å². The lowest BCUT2D eigenvalue weighted by Gasteiger charge is -2.58. The van der Waals surface area contributed by atoms with Gasteiger partial charge < -0.3 is 9.64 Å². The summed E-state index contributed by atoms with van der Waals surface area (Å²) >= 11 is 0. The number of likely N-dealkylation sites (tertiary alicyclic amines) is 1. The molecule has 7 heteroatoms. The molecule has 1 atom stereocenters. The first kappa shape index (κ1) is 17.3. The largest absolute Gasteiger partial charge is 0.376 e. The van der Waals surface area contributed by atoms with E-state index in [-0.39, 0.29) is 5.54 Å². The molecule has 0 amide bonds. The molecule has 2 aromatic heterocycles. The minimum atomic E-state index is -0.399. The van der Waals surface area contributed by atoms with Crippen molar-refractivity contribution in [2.24, 2.45) is 5.92 Å². The van der Waals surface area contributed by atoms with E-state index in [1.165, 1.54) is 12.4 Å². The zero-order valence-electron chi connectivity index (χ0n) is 15.0. The smallest absolute Gasteiger partial charge is 0.225 e. The van der Waals surface area contributed by atoms with E-state index in [1.807, 2.05) is 18.3 Å². The Morgan fingerprint density at radius 1 is 1.27 bits per heavy atom. The molecule has 0 saturated carbocycles. The van der Waals surface area contributed by atoms with E-state index in [0.717, 1.165) is 44.6 Å². The predicted octanol–water partition coefficient (Wildman–Crippen LogP) is 2.13. The molecule has 2 fully saturated rings. The van der Waals surface area contributed by atoms with Crippen molar-refractivity contribution in [2.75, 3.05) is 38.2 Å². The molecule has 26 heavy (non-hydrogen) atoms. The van der Waals surface area contributed by atoms with Gasteiger partial charge in [-0.1, -0.05) is 6.07 Å². The van der Waals surface area contributed by atoms with Gasteiger partial charge in [0, 0.05) is 32.1 Å². The van der Waals surface area contributed by atoms with Crippen LogP contribution in [0.1, 0.15) is 18.4 Å². The standard InChI is InChI=1S/C19H24FN5O/c1-24-6-4-15(11-26-12-16-3-2-5-21-8-16)7-19(24)13-25(14-19)18-22-9-17(20)10-23-18/h2-3,5,8-10,15H,4,6-7,11-14H2,1H3. The van der Waals surface area contributed by atoms with Gasteiger partial charge in [0.2, 0.25) is 5.95 Å². The van der Waals surface area contributed by atoms with Gasteiger partial charge in [-0.05, 0) is 44.0 Å². The van der Waals surface area contributed by atoms with Crippen LogP contribution in [0.4, 0.5) is 10.3 Å². The van der Waals surface area contributed by atoms with Crippen LogP contribution in [0, 0.1) is 11.7 Å². The van der Waals surface area contributed by atoms with Gasteiger partial charge in [0.15, 0.2) is 5.82 Å². The van der Waals surface area contributed by atoms with Crippen LogP contribution in [-0.2, 0) is 11.3 Å². The van der Waals surface area contributed by atoms with Crippen molar-refractivity contribution in [3.05, 3.63) is 48.3 Å². The summed E-state index contributed by atoms with van der Waals surface area (Å²) < 4.78 is 18.9. The van der Waals surface area contributed by atoms with Crippen LogP contribution in [0.25, 0.3) is 0 Å². The highest BCUT2D eigenvalue weighted by atomic mass is 19.1. The fraction of sp³-hybridized carbons (Fsp3) is 0.526. The summed E-state index contributed by atoms with van der Waals surface area (Å²) in [4.78, 5) is 16.9. The number of hydrogen-bond donors (Lipinski definition) is 0. The Hall–Kier alpha value is -2.12.